The molecule has 0 aliphatic carbocycles. The Morgan fingerprint density at radius 3 is 3.00 bits per heavy atom. The summed E-state index contributed by atoms with van der Waals surface area (Å²) in [5.41, 5.74) is 0.936. The van der Waals surface area contributed by atoms with Gasteiger partial charge in [0.05, 0.1) is 6.10 Å². The lowest BCUT2D eigenvalue weighted by molar-refractivity contribution is 0.229. The van der Waals surface area contributed by atoms with E-state index >= 15 is 0 Å². The normalized spacial score (nSPS) is 31.7. The fourth-order valence-corrected chi connectivity index (χ4v) is 0.916. The molecule has 0 bridgehead atoms. The van der Waals surface area contributed by atoms with E-state index in [0.717, 1.165) is 12.0 Å². The minimum Gasteiger partial charge on any atom is -0.389 e. The molecule has 0 aromatic heterocycles. The molecule has 12 heavy (non-hydrogen) atoms. The molecule has 1 rings (SSSR count). The van der Waals surface area contributed by atoms with Crippen molar-refractivity contribution in [2.75, 3.05) is 0 Å². The Labute approximate surface area is 72.6 Å². The monoisotopic (exact) mass is 163 g/mol. The van der Waals surface area contributed by atoms with Crippen LogP contribution >= 0.6 is 0 Å². The summed E-state index contributed by atoms with van der Waals surface area (Å²) in [4.78, 5) is 4.02. The van der Waals surface area contributed by atoms with E-state index in [1.54, 1.807) is 19.3 Å². The second-order valence-electron chi connectivity index (χ2n) is 2.70. The molecule has 1 aliphatic heterocycles. The summed E-state index contributed by atoms with van der Waals surface area (Å²) in [7, 11) is 0. The molecule has 1 N–H and O–H groups in total. The van der Waals surface area contributed by atoms with E-state index in [0.29, 0.717) is 0 Å². The molecule has 64 valence electrons. The largest absolute Gasteiger partial charge is 0.389 e. The summed E-state index contributed by atoms with van der Waals surface area (Å²) in [6, 6.07) is 0. The predicted octanol–water partition coefficient (Wildman–Crippen LogP) is 1.84. The Balaban J connectivity index is 2.75. The number of aliphatic hydroxyl groups is 1. The van der Waals surface area contributed by atoms with Gasteiger partial charge in [-0.3, -0.25) is 4.99 Å². The summed E-state index contributed by atoms with van der Waals surface area (Å²) < 4.78 is 0. The highest BCUT2D eigenvalue weighted by molar-refractivity contribution is 5.72. The van der Waals surface area contributed by atoms with Gasteiger partial charge in [0.2, 0.25) is 0 Å². The maximum Gasteiger partial charge on any atom is 0.0742 e. The van der Waals surface area contributed by atoms with Gasteiger partial charge in [0.1, 0.15) is 0 Å². The minimum atomic E-state index is -0.412. The molecule has 0 radical (unpaired) electrons. The first-order valence-electron chi connectivity index (χ1n) is 4.02. The van der Waals surface area contributed by atoms with Gasteiger partial charge in [-0.1, -0.05) is 18.2 Å². The van der Waals surface area contributed by atoms with Crippen molar-refractivity contribution in [1.82, 2.24) is 0 Å². The highest BCUT2D eigenvalue weighted by Gasteiger charge is 2.01. The first kappa shape index (κ1) is 8.94. The van der Waals surface area contributed by atoms with Crippen molar-refractivity contribution in [3.05, 3.63) is 36.1 Å². The van der Waals surface area contributed by atoms with Gasteiger partial charge in [0, 0.05) is 12.4 Å². The van der Waals surface area contributed by atoms with Crippen molar-refractivity contribution >= 4 is 6.21 Å². The summed E-state index contributed by atoms with van der Waals surface area (Å²) in [6.45, 7) is 1.75. The summed E-state index contributed by atoms with van der Waals surface area (Å²) in [6.07, 6.45) is 11.5. The third kappa shape index (κ3) is 2.84. The van der Waals surface area contributed by atoms with Crippen molar-refractivity contribution in [3.8, 4) is 0 Å². The van der Waals surface area contributed by atoms with E-state index in [1.165, 1.54) is 0 Å². The van der Waals surface area contributed by atoms with Crippen molar-refractivity contribution in [3.63, 3.8) is 0 Å². The van der Waals surface area contributed by atoms with Crippen LogP contribution in [0.4, 0.5) is 0 Å². The molecule has 0 saturated carbocycles. The minimum absolute atomic E-state index is 0.412. The number of aliphatic hydroxyl groups excluding tert-OH is 1. The summed E-state index contributed by atoms with van der Waals surface area (Å²) >= 11 is 0. The number of aliphatic imine (C=N–C) groups is 1. The summed E-state index contributed by atoms with van der Waals surface area (Å²) in [5, 5.41) is 9.29. The third-order valence-corrected chi connectivity index (χ3v) is 1.66. The van der Waals surface area contributed by atoms with Crippen molar-refractivity contribution < 1.29 is 5.11 Å². The fourth-order valence-electron chi connectivity index (χ4n) is 0.916. The maximum atomic E-state index is 9.29. The second kappa shape index (κ2) is 4.67. The molecule has 0 aromatic carbocycles. The van der Waals surface area contributed by atoms with Crippen molar-refractivity contribution in [2.45, 2.75) is 19.4 Å². The van der Waals surface area contributed by atoms with E-state index < -0.39 is 6.10 Å². The number of rotatable bonds is 1. The molecule has 2 heteroatoms. The van der Waals surface area contributed by atoms with Crippen LogP contribution in [-0.4, -0.2) is 17.4 Å². The highest BCUT2D eigenvalue weighted by Crippen LogP contribution is 2.09. The Hall–Kier alpha value is -1.15. The topological polar surface area (TPSA) is 32.6 Å². The van der Waals surface area contributed by atoms with E-state index in [4.69, 9.17) is 0 Å². The molecule has 1 atom stereocenters. The highest BCUT2D eigenvalue weighted by atomic mass is 16.3. The van der Waals surface area contributed by atoms with Crippen LogP contribution in [0.5, 0.6) is 0 Å². The van der Waals surface area contributed by atoms with E-state index in [9.17, 15) is 5.11 Å². The molecule has 2 nitrogen and oxygen atoms in total. The average Bonchev–Trinajstić information content (AvgIpc) is 2.15. The predicted molar refractivity (Wildman–Crippen MR) is 51.2 cm³/mol. The molecular formula is C10H13NO. The molecule has 0 saturated heterocycles. The maximum absolute atomic E-state index is 9.29. The lowest BCUT2D eigenvalue weighted by atomic mass is 10.1. The van der Waals surface area contributed by atoms with E-state index in [2.05, 4.69) is 4.99 Å². The number of nitrogens with zero attached hydrogens (tertiary/aromatic N) is 1. The Morgan fingerprint density at radius 1 is 1.42 bits per heavy atom. The van der Waals surface area contributed by atoms with Gasteiger partial charge in [-0.25, -0.2) is 0 Å². The molecule has 0 amide bonds. The quantitative estimate of drug-likeness (QED) is 0.628. The van der Waals surface area contributed by atoms with Crippen LogP contribution in [0.25, 0.3) is 0 Å². The van der Waals surface area contributed by atoms with Crippen LogP contribution in [-0.2, 0) is 0 Å². The van der Waals surface area contributed by atoms with E-state index in [-0.39, 0.29) is 0 Å². The van der Waals surface area contributed by atoms with E-state index in [1.807, 2.05) is 24.3 Å². The van der Waals surface area contributed by atoms with Crippen molar-refractivity contribution in [1.29, 1.82) is 0 Å². The van der Waals surface area contributed by atoms with Crippen LogP contribution in [0, 0.1) is 0 Å². The zero-order valence-electron chi connectivity index (χ0n) is 7.14. The SMILES string of the molecule is CC(O)/C1=C/N=C/C=C\C=C/C1. The smallest absolute Gasteiger partial charge is 0.0742 e. The zero-order valence-corrected chi connectivity index (χ0v) is 7.14. The first-order chi connectivity index (χ1) is 5.80. The van der Waals surface area contributed by atoms with Crippen molar-refractivity contribution in [2.24, 2.45) is 4.99 Å². The zero-order chi connectivity index (χ0) is 8.81. The third-order valence-electron chi connectivity index (χ3n) is 1.66. The molecule has 1 aliphatic rings. The van der Waals surface area contributed by atoms with Gasteiger partial charge in [0.15, 0.2) is 0 Å². The molecular weight excluding hydrogens is 150 g/mol. The lowest BCUT2D eigenvalue weighted by Gasteiger charge is -2.05. The van der Waals surface area contributed by atoms with Gasteiger partial charge in [-0.05, 0) is 25.0 Å². The van der Waals surface area contributed by atoms with Gasteiger partial charge in [-0.2, -0.15) is 0 Å². The molecule has 0 spiro atoms. The van der Waals surface area contributed by atoms with Crippen LogP contribution in [0.3, 0.4) is 0 Å². The van der Waals surface area contributed by atoms with Gasteiger partial charge in [0.25, 0.3) is 0 Å². The molecule has 0 fully saturated rings. The molecule has 0 aromatic rings. The molecule has 1 unspecified atom stereocenters. The lowest BCUT2D eigenvalue weighted by Crippen LogP contribution is -2.03. The molecule has 1 heterocycles. The number of hydrogen-bond donors (Lipinski definition) is 1. The fraction of sp³-hybridized carbons (Fsp3) is 0.300. The average molecular weight is 163 g/mol. The Kier molecular flexibility index (Phi) is 3.48. The second-order valence-corrected chi connectivity index (χ2v) is 2.70. The van der Waals surface area contributed by atoms with Gasteiger partial charge in [-0.15, -0.1) is 0 Å². The number of hydrogen-bond acceptors (Lipinski definition) is 2. The standard InChI is InChI=1S/C10H13NO/c1-9(12)10-6-4-2-3-5-7-11-8-10/h2-5,7-9,12H,6H2,1H3/b4-2-,5-3-,10-8+,11-7+. The van der Waals surface area contributed by atoms with Crippen LogP contribution in [0.2, 0.25) is 0 Å². The van der Waals surface area contributed by atoms with Gasteiger partial charge < -0.3 is 5.11 Å². The van der Waals surface area contributed by atoms with Gasteiger partial charge >= 0.3 is 0 Å². The summed E-state index contributed by atoms with van der Waals surface area (Å²) in [5.74, 6) is 0. The van der Waals surface area contributed by atoms with Crippen LogP contribution in [0.15, 0.2) is 41.1 Å². The first-order valence-corrected chi connectivity index (χ1v) is 4.02. The Bertz CT molecular complexity index is 247. The van der Waals surface area contributed by atoms with Crippen LogP contribution < -0.4 is 0 Å². The van der Waals surface area contributed by atoms with Crippen LogP contribution in [0.1, 0.15) is 13.3 Å². The number of allylic oxidation sites excluding steroid dienone is 4. The Morgan fingerprint density at radius 2 is 2.25 bits per heavy atom.